The highest BCUT2D eigenvalue weighted by molar-refractivity contribution is 6.10. The summed E-state index contributed by atoms with van der Waals surface area (Å²) in [4.78, 5) is 2.63. The van der Waals surface area contributed by atoms with Crippen LogP contribution in [0.1, 0.15) is 58.7 Å². The molecule has 0 bridgehead atoms. The van der Waals surface area contributed by atoms with E-state index in [0.717, 1.165) is 17.1 Å². The van der Waals surface area contributed by atoms with Crippen molar-refractivity contribution in [2.24, 2.45) is 0 Å². The minimum absolute atomic E-state index is 0.00892. The first-order valence-electron chi connectivity index (χ1n) is 27.5. The van der Waals surface area contributed by atoms with Crippen molar-refractivity contribution in [3.63, 3.8) is 0 Å². The molecule has 78 heavy (non-hydrogen) atoms. The number of hydrogen-bond acceptors (Lipinski definition) is 1. The van der Waals surface area contributed by atoms with Gasteiger partial charge in [0, 0.05) is 39.2 Å². The number of para-hydroxylation sites is 2. The second-order valence-electron chi connectivity index (χ2n) is 21.9. The number of benzene rings is 11. The van der Waals surface area contributed by atoms with Crippen LogP contribution in [0.4, 0.5) is 11.4 Å². The number of fused-ring (bicyclic) bond motifs is 12. The Balaban J connectivity index is 0.938. The largest absolute Gasteiger partial charge is 0.334 e. The van der Waals surface area contributed by atoms with Gasteiger partial charge in [-0.25, -0.2) is 0 Å². The highest BCUT2D eigenvalue weighted by Crippen LogP contribution is 2.62. The smallest absolute Gasteiger partial charge is 0.0719 e. The second-order valence-corrected chi connectivity index (χ2v) is 21.9. The zero-order valence-corrected chi connectivity index (χ0v) is 43.8. The summed E-state index contributed by atoms with van der Waals surface area (Å²) in [5.41, 5.74) is 24.5. The Kier molecular flexibility index (Phi) is 10.6. The maximum Gasteiger partial charge on any atom is 0.0719 e. The molecule has 2 nitrogen and oxygen atoms in total. The quantitative estimate of drug-likeness (QED) is 0.147. The molecule has 0 fully saturated rings. The van der Waals surface area contributed by atoms with Crippen LogP contribution in [0, 0.1) is 0 Å². The predicted octanol–water partition coefficient (Wildman–Crippen LogP) is 19.2. The highest BCUT2D eigenvalue weighted by Gasteiger charge is 2.53. The van der Waals surface area contributed by atoms with Crippen molar-refractivity contribution >= 4 is 33.2 Å². The van der Waals surface area contributed by atoms with E-state index in [1.165, 1.54) is 105 Å². The van der Waals surface area contributed by atoms with Crippen LogP contribution < -0.4 is 4.90 Å². The number of allylic oxidation sites excluding steroid dienone is 2. The summed E-state index contributed by atoms with van der Waals surface area (Å²) >= 11 is 0. The maximum atomic E-state index is 2.63. The van der Waals surface area contributed by atoms with Crippen molar-refractivity contribution in [2.75, 3.05) is 4.90 Å². The SMILES string of the molecule is CC1(C)c2ccccc2C2(c3ccccc3-c3cc(N(c4cccc(-c5ccc6c(c5)c5ccccc5n6-c5ccccc5)c4)C4C=CC=CC4c4ccccc4-c4ccccc4-c4ccccc4)ccc32)c2ccccc21. The third-order valence-corrected chi connectivity index (χ3v) is 17.5. The first-order valence-corrected chi connectivity index (χ1v) is 27.5. The van der Waals surface area contributed by atoms with Crippen molar-refractivity contribution in [1.82, 2.24) is 4.57 Å². The van der Waals surface area contributed by atoms with Gasteiger partial charge < -0.3 is 9.47 Å². The Labute approximate surface area is 457 Å². The second kappa shape index (κ2) is 18.1. The van der Waals surface area contributed by atoms with E-state index in [4.69, 9.17) is 0 Å². The van der Waals surface area contributed by atoms with Gasteiger partial charge in [-0.05, 0) is 138 Å². The fourth-order valence-corrected chi connectivity index (χ4v) is 14.1. The van der Waals surface area contributed by atoms with Crippen LogP contribution in [0.25, 0.3) is 72.0 Å². The molecule has 1 heterocycles. The number of aromatic nitrogens is 1. The van der Waals surface area contributed by atoms with Crippen molar-refractivity contribution in [1.29, 1.82) is 0 Å². The van der Waals surface area contributed by atoms with Crippen LogP contribution in [0.2, 0.25) is 0 Å². The van der Waals surface area contributed by atoms with Gasteiger partial charge in [0.05, 0.1) is 22.5 Å². The Morgan fingerprint density at radius 3 is 1.67 bits per heavy atom. The lowest BCUT2D eigenvalue weighted by Gasteiger charge is -2.46. The molecule has 3 aliphatic rings. The van der Waals surface area contributed by atoms with E-state index in [2.05, 4.69) is 315 Å². The third kappa shape index (κ3) is 6.89. The van der Waals surface area contributed by atoms with Crippen molar-refractivity contribution in [2.45, 2.75) is 36.6 Å². The van der Waals surface area contributed by atoms with Crippen molar-refractivity contribution < 1.29 is 0 Å². The molecule has 12 aromatic rings. The highest BCUT2D eigenvalue weighted by atomic mass is 15.2. The zero-order valence-electron chi connectivity index (χ0n) is 43.8. The predicted molar refractivity (Wildman–Crippen MR) is 326 cm³/mol. The molecule has 0 amide bonds. The molecule has 0 saturated carbocycles. The Morgan fingerprint density at radius 2 is 0.897 bits per heavy atom. The van der Waals surface area contributed by atoms with E-state index < -0.39 is 5.41 Å². The summed E-state index contributed by atoms with van der Waals surface area (Å²) in [6, 6.07) is 99.7. The standard InChI is InChI=1S/C76H56N2/c1-75(2)68-38-17-19-40-70(68)76(71-41-20-18-39-69(71)75)66-37-16-13-34-61(66)64-50-56(45-46-67(64)76)77(72-42-21-14-35-62(72)60-33-12-11-32-59(60)58-31-10-9-30-57(58)51-24-5-3-6-25-51)55-29-23-26-52(48-55)53-44-47-74-65(49-53)63-36-15-22-43-73(63)78(74)54-27-7-4-8-28-54/h3-50,62,72H,1-2H3. The Morgan fingerprint density at radius 1 is 0.346 bits per heavy atom. The van der Waals surface area contributed by atoms with E-state index in [-0.39, 0.29) is 17.4 Å². The molecule has 1 aromatic heterocycles. The van der Waals surface area contributed by atoms with Crippen LogP contribution in [-0.4, -0.2) is 10.6 Å². The van der Waals surface area contributed by atoms with Crippen LogP contribution in [0.15, 0.2) is 291 Å². The van der Waals surface area contributed by atoms with Gasteiger partial charge in [0.1, 0.15) is 0 Å². The molecule has 0 aliphatic heterocycles. The van der Waals surface area contributed by atoms with Gasteiger partial charge in [-0.15, -0.1) is 0 Å². The number of hydrogen-bond donors (Lipinski definition) is 0. The lowest BCUT2D eigenvalue weighted by atomic mass is 9.55. The fraction of sp³-hybridized carbons (Fsp3) is 0.0789. The van der Waals surface area contributed by atoms with Gasteiger partial charge in [-0.2, -0.15) is 0 Å². The molecule has 2 heteroatoms. The molecule has 2 unspecified atom stereocenters. The van der Waals surface area contributed by atoms with E-state index in [0.29, 0.717) is 0 Å². The van der Waals surface area contributed by atoms with Crippen LogP contribution in [-0.2, 0) is 10.8 Å². The summed E-state index contributed by atoms with van der Waals surface area (Å²) in [5.74, 6) is -0.00892. The molecule has 15 rings (SSSR count). The van der Waals surface area contributed by atoms with Gasteiger partial charge in [0.25, 0.3) is 0 Å². The van der Waals surface area contributed by atoms with Gasteiger partial charge in [-0.1, -0.05) is 250 Å². The number of rotatable bonds is 8. The van der Waals surface area contributed by atoms with Crippen LogP contribution in [0.3, 0.4) is 0 Å². The Hall–Kier alpha value is -9.50. The summed E-state index contributed by atoms with van der Waals surface area (Å²) in [7, 11) is 0. The lowest BCUT2D eigenvalue weighted by Crippen LogP contribution is -2.40. The average Bonchev–Trinajstić information content (AvgIpc) is 2.91. The number of anilines is 2. The van der Waals surface area contributed by atoms with Crippen molar-refractivity contribution in [3.05, 3.63) is 330 Å². The minimum Gasteiger partial charge on any atom is -0.334 e. The van der Waals surface area contributed by atoms with Gasteiger partial charge >= 0.3 is 0 Å². The molecule has 1 spiro atoms. The molecular formula is C76H56N2. The van der Waals surface area contributed by atoms with E-state index in [9.17, 15) is 0 Å². The van der Waals surface area contributed by atoms with Gasteiger partial charge in [0.15, 0.2) is 0 Å². The van der Waals surface area contributed by atoms with E-state index >= 15 is 0 Å². The topological polar surface area (TPSA) is 8.17 Å². The van der Waals surface area contributed by atoms with Gasteiger partial charge in [-0.3, -0.25) is 0 Å². The first-order chi connectivity index (χ1) is 38.5. The minimum atomic E-state index is -0.485. The number of nitrogens with zero attached hydrogens (tertiary/aromatic N) is 2. The lowest BCUT2D eigenvalue weighted by molar-refractivity contribution is 0.563. The summed E-state index contributed by atoms with van der Waals surface area (Å²) in [5, 5.41) is 2.48. The molecule has 2 atom stereocenters. The molecular weight excluding hydrogens is 941 g/mol. The first kappa shape index (κ1) is 45.9. The summed E-state index contributed by atoms with van der Waals surface area (Å²) in [6.45, 7) is 4.80. The van der Waals surface area contributed by atoms with Crippen LogP contribution >= 0.6 is 0 Å². The van der Waals surface area contributed by atoms with E-state index in [1.807, 2.05) is 0 Å². The maximum absolute atomic E-state index is 2.63. The molecule has 0 N–H and O–H groups in total. The van der Waals surface area contributed by atoms with E-state index in [1.54, 1.807) is 0 Å². The van der Waals surface area contributed by atoms with Crippen molar-refractivity contribution in [3.8, 4) is 50.2 Å². The molecule has 370 valence electrons. The summed E-state index contributed by atoms with van der Waals surface area (Å²) in [6.07, 6.45) is 9.36. The van der Waals surface area contributed by atoms with Gasteiger partial charge in [0.2, 0.25) is 0 Å². The molecule has 3 aliphatic carbocycles. The normalized spacial score (nSPS) is 16.2. The fourth-order valence-electron chi connectivity index (χ4n) is 14.1. The third-order valence-electron chi connectivity index (χ3n) is 17.5. The Bertz CT molecular complexity index is 4330. The molecule has 0 radical (unpaired) electrons. The summed E-state index contributed by atoms with van der Waals surface area (Å²) < 4.78 is 2.40. The zero-order chi connectivity index (χ0) is 52.0. The van der Waals surface area contributed by atoms with Crippen LogP contribution in [0.5, 0.6) is 0 Å². The monoisotopic (exact) mass is 996 g/mol. The molecule has 11 aromatic carbocycles. The molecule has 0 saturated heterocycles. The average molecular weight is 997 g/mol.